The quantitative estimate of drug-likeness (QED) is 0.626. The van der Waals surface area contributed by atoms with Gasteiger partial charge in [0.05, 0.1) is 5.35 Å². The monoisotopic (exact) mass is 173 g/mol. The van der Waals surface area contributed by atoms with E-state index in [1.807, 2.05) is 12.3 Å². The third-order valence-corrected chi connectivity index (χ3v) is 2.66. The average Bonchev–Trinajstić information content (AvgIpc) is 2.16. The first kappa shape index (κ1) is 8.49. The molecule has 0 spiro atoms. The van der Waals surface area contributed by atoms with Crippen molar-refractivity contribution < 1.29 is 0 Å². The standard InChI is InChI=1S/C12H15N/c1-3-10-7-9(2)8-12-11(10)5-4-6-13-12/h4-6,8-9H,3,7H2,1-2H3. The van der Waals surface area contributed by atoms with Gasteiger partial charge in [-0.3, -0.25) is 4.98 Å². The lowest BCUT2D eigenvalue weighted by atomic mass is 9.93. The molecule has 1 aliphatic rings. The third kappa shape index (κ3) is 1.51. The van der Waals surface area contributed by atoms with Crippen molar-refractivity contribution in [3.63, 3.8) is 0 Å². The molecule has 1 aromatic heterocycles. The van der Waals surface area contributed by atoms with Gasteiger partial charge in [-0.25, -0.2) is 0 Å². The zero-order chi connectivity index (χ0) is 9.26. The summed E-state index contributed by atoms with van der Waals surface area (Å²) in [5, 5.41) is 2.54. The first-order valence-corrected chi connectivity index (χ1v) is 4.96. The van der Waals surface area contributed by atoms with Crippen molar-refractivity contribution in [3.05, 3.63) is 28.9 Å². The lowest BCUT2D eigenvalue weighted by Gasteiger charge is -2.13. The molecule has 1 aliphatic carbocycles. The van der Waals surface area contributed by atoms with Crippen molar-refractivity contribution in [3.8, 4) is 0 Å². The second kappa shape index (κ2) is 3.33. The maximum absolute atomic E-state index is 4.39. The van der Waals surface area contributed by atoms with Crippen LogP contribution in [0.15, 0.2) is 18.3 Å². The molecule has 68 valence electrons. The summed E-state index contributed by atoms with van der Waals surface area (Å²) in [6.07, 6.45) is 6.50. The van der Waals surface area contributed by atoms with Crippen LogP contribution in [-0.4, -0.2) is 4.98 Å². The summed E-state index contributed by atoms with van der Waals surface area (Å²) in [5.74, 6) is 0.650. The summed E-state index contributed by atoms with van der Waals surface area (Å²) in [6.45, 7) is 4.48. The number of hydrogen-bond acceptors (Lipinski definition) is 1. The van der Waals surface area contributed by atoms with Gasteiger partial charge in [0.15, 0.2) is 0 Å². The van der Waals surface area contributed by atoms with Crippen LogP contribution in [-0.2, 0) is 0 Å². The molecule has 0 bridgehead atoms. The largest absolute Gasteiger partial charge is 0.257 e. The normalized spacial score (nSPS) is 20.8. The van der Waals surface area contributed by atoms with Gasteiger partial charge in [0.2, 0.25) is 0 Å². The van der Waals surface area contributed by atoms with E-state index in [2.05, 4.69) is 31.0 Å². The van der Waals surface area contributed by atoms with E-state index in [1.54, 1.807) is 5.57 Å². The highest BCUT2D eigenvalue weighted by molar-refractivity contribution is 5.50. The van der Waals surface area contributed by atoms with Crippen LogP contribution in [0.3, 0.4) is 0 Å². The molecule has 0 amide bonds. The molecule has 0 aliphatic heterocycles. The molecule has 0 fully saturated rings. The molecule has 1 unspecified atom stereocenters. The molecule has 2 rings (SSSR count). The molecule has 1 heteroatoms. The van der Waals surface area contributed by atoms with E-state index < -0.39 is 0 Å². The minimum Gasteiger partial charge on any atom is -0.257 e. The van der Waals surface area contributed by atoms with Crippen molar-refractivity contribution in [2.24, 2.45) is 5.92 Å². The van der Waals surface area contributed by atoms with E-state index in [-0.39, 0.29) is 0 Å². The van der Waals surface area contributed by atoms with Crippen molar-refractivity contribution in [1.82, 2.24) is 4.98 Å². The van der Waals surface area contributed by atoms with Crippen molar-refractivity contribution in [2.45, 2.75) is 26.7 Å². The van der Waals surface area contributed by atoms with Crippen LogP contribution in [0.5, 0.6) is 0 Å². The minimum absolute atomic E-state index is 0.650. The molecule has 1 heterocycles. The average molecular weight is 173 g/mol. The fraction of sp³-hybridized carbons (Fsp3) is 0.417. The molecule has 0 radical (unpaired) electrons. The van der Waals surface area contributed by atoms with Gasteiger partial charge in [0.1, 0.15) is 0 Å². The van der Waals surface area contributed by atoms with Crippen molar-refractivity contribution in [1.29, 1.82) is 0 Å². The number of nitrogens with zero attached hydrogens (tertiary/aromatic N) is 1. The minimum atomic E-state index is 0.650. The molecule has 0 N–H and O–H groups in total. The second-order valence-corrected chi connectivity index (χ2v) is 3.74. The Morgan fingerprint density at radius 2 is 2.38 bits per heavy atom. The van der Waals surface area contributed by atoms with Gasteiger partial charge in [-0.1, -0.05) is 31.6 Å². The van der Waals surface area contributed by atoms with Crippen LogP contribution >= 0.6 is 0 Å². The summed E-state index contributed by atoms with van der Waals surface area (Å²) >= 11 is 0. The van der Waals surface area contributed by atoms with Crippen molar-refractivity contribution >= 4 is 11.6 Å². The fourth-order valence-corrected chi connectivity index (χ4v) is 2.01. The summed E-state index contributed by atoms with van der Waals surface area (Å²) < 4.78 is 0. The number of aromatic nitrogens is 1. The van der Waals surface area contributed by atoms with Crippen LogP contribution in [0.1, 0.15) is 26.7 Å². The van der Waals surface area contributed by atoms with Gasteiger partial charge in [0, 0.05) is 6.20 Å². The predicted octanol–water partition coefficient (Wildman–Crippen LogP) is 1.46. The van der Waals surface area contributed by atoms with Gasteiger partial charge in [0.25, 0.3) is 0 Å². The molecule has 1 nitrogen and oxygen atoms in total. The van der Waals surface area contributed by atoms with Gasteiger partial charge < -0.3 is 0 Å². The summed E-state index contributed by atoms with van der Waals surface area (Å²) in [7, 11) is 0. The van der Waals surface area contributed by atoms with E-state index >= 15 is 0 Å². The summed E-state index contributed by atoms with van der Waals surface area (Å²) in [5.41, 5.74) is 1.55. The summed E-state index contributed by atoms with van der Waals surface area (Å²) in [4.78, 5) is 4.39. The van der Waals surface area contributed by atoms with E-state index in [1.165, 1.54) is 17.0 Å². The van der Waals surface area contributed by atoms with E-state index in [9.17, 15) is 0 Å². The highest BCUT2D eigenvalue weighted by atomic mass is 14.6. The van der Waals surface area contributed by atoms with Crippen LogP contribution in [0.4, 0.5) is 0 Å². The first-order valence-electron chi connectivity index (χ1n) is 4.96. The Balaban J connectivity index is 2.75. The highest BCUT2D eigenvalue weighted by Gasteiger charge is 2.08. The molecule has 0 aromatic carbocycles. The molecular weight excluding hydrogens is 158 g/mol. The molecule has 1 atom stereocenters. The lowest BCUT2D eigenvalue weighted by Crippen LogP contribution is -2.33. The van der Waals surface area contributed by atoms with E-state index in [0.717, 1.165) is 6.42 Å². The number of rotatable bonds is 1. The van der Waals surface area contributed by atoms with E-state index in [4.69, 9.17) is 0 Å². The maximum atomic E-state index is 4.39. The van der Waals surface area contributed by atoms with Crippen LogP contribution in [0, 0.1) is 5.92 Å². The van der Waals surface area contributed by atoms with E-state index in [0.29, 0.717) is 5.92 Å². The van der Waals surface area contributed by atoms with Gasteiger partial charge >= 0.3 is 0 Å². The van der Waals surface area contributed by atoms with Crippen LogP contribution in [0.25, 0.3) is 11.6 Å². The zero-order valence-electron chi connectivity index (χ0n) is 8.25. The van der Waals surface area contributed by atoms with Crippen molar-refractivity contribution in [2.75, 3.05) is 0 Å². The topological polar surface area (TPSA) is 12.9 Å². The smallest absolute Gasteiger partial charge is 0.0664 e. The Hall–Kier alpha value is -1.11. The number of fused-ring (bicyclic) bond motifs is 1. The Morgan fingerprint density at radius 3 is 3.15 bits per heavy atom. The highest BCUT2D eigenvalue weighted by Crippen LogP contribution is 2.16. The maximum Gasteiger partial charge on any atom is 0.0664 e. The Labute approximate surface area is 78.8 Å². The second-order valence-electron chi connectivity index (χ2n) is 3.74. The fourth-order valence-electron chi connectivity index (χ4n) is 2.01. The lowest BCUT2D eigenvalue weighted by molar-refractivity contribution is 0.763. The molecule has 1 aromatic rings. The molecule has 13 heavy (non-hydrogen) atoms. The Bertz CT molecular complexity index is 417. The van der Waals surface area contributed by atoms with Gasteiger partial charge in [-0.05, 0) is 30.0 Å². The molecule has 0 saturated heterocycles. The Kier molecular flexibility index (Phi) is 2.17. The van der Waals surface area contributed by atoms with Gasteiger partial charge in [-0.2, -0.15) is 0 Å². The van der Waals surface area contributed by atoms with Gasteiger partial charge in [-0.15, -0.1) is 0 Å². The molecule has 0 saturated carbocycles. The van der Waals surface area contributed by atoms with Crippen LogP contribution < -0.4 is 10.6 Å². The SMILES string of the molecule is CCC1=c2cccnc2=CC(C)C1. The zero-order valence-corrected chi connectivity index (χ0v) is 8.25. The predicted molar refractivity (Wildman–Crippen MR) is 55.4 cm³/mol. The Morgan fingerprint density at radius 1 is 1.54 bits per heavy atom. The first-order chi connectivity index (χ1) is 6.31. The number of hydrogen-bond donors (Lipinski definition) is 0. The third-order valence-electron chi connectivity index (χ3n) is 2.66. The summed E-state index contributed by atoms with van der Waals surface area (Å²) in [6, 6.07) is 4.21. The molecular formula is C12H15N. The van der Waals surface area contributed by atoms with Crippen LogP contribution in [0.2, 0.25) is 0 Å². The number of pyridine rings is 1.